The summed E-state index contributed by atoms with van der Waals surface area (Å²) in [6.45, 7) is 6.34. The molecule has 1 aromatic rings. The number of nitrogens with zero attached hydrogens (tertiary/aromatic N) is 1. The van der Waals surface area contributed by atoms with Crippen molar-refractivity contribution in [3.05, 3.63) is 18.2 Å². The minimum atomic E-state index is -1.43. The van der Waals surface area contributed by atoms with Crippen LogP contribution in [0.4, 0.5) is 0 Å². The fourth-order valence-corrected chi connectivity index (χ4v) is 2.74. The Labute approximate surface area is 180 Å². The van der Waals surface area contributed by atoms with Crippen molar-refractivity contribution in [3.63, 3.8) is 0 Å². The molecular weight excluding hydrogens is 408 g/mol. The van der Waals surface area contributed by atoms with Crippen LogP contribution < -0.4 is 21.7 Å². The molecule has 0 bridgehead atoms. The highest BCUT2D eigenvalue weighted by atomic mass is 16.4. The van der Waals surface area contributed by atoms with Crippen LogP contribution >= 0.6 is 0 Å². The molecule has 1 aromatic heterocycles. The third-order valence-electron chi connectivity index (χ3n) is 4.41. The zero-order chi connectivity index (χ0) is 23.7. The van der Waals surface area contributed by atoms with E-state index in [0.717, 1.165) is 0 Å². The van der Waals surface area contributed by atoms with Gasteiger partial charge in [-0.1, -0.05) is 13.8 Å². The summed E-state index contributed by atoms with van der Waals surface area (Å²) in [4.78, 5) is 55.6. The fourth-order valence-electron chi connectivity index (χ4n) is 2.74. The summed E-state index contributed by atoms with van der Waals surface area (Å²) in [5.41, 5.74) is 6.10. The summed E-state index contributed by atoms with van der Waals surface area (Å²) in [7, 11) is 0. The van der Waals surface area contributed by atoms with Crippen LogP contribution in [0, 0.1) is 5.92 Å². The topological polar surface area (TPSA) is 200 Å². The number of amides is 3. The van der Waals surface area contributed by atoms with Crippen molar-refractivity contribution < 1.29 is 29.4 Å². The number of imidazole rings is 1. The van der Waals surface area contributed by atoms with Gasteiger partial charge in [0, 0.05) is 18.3 Å². The first kappa shape index (κ1) is 26.0. The number of H-pyrrole nitrogens is 1. The molecule has 0 saturated carbocycles. The molecule has 0 radical (unpaired) electrons. The third-order valence-corrected chi connectivity index (χ3v) is 4.41. The van der Waals surface area contributed by atoms with Crippen molar-refractivity contribution in [2.45, 2.75) is 70.8 Å². The van der Waals surface area contributed by atoms with Gasteiger partial charge in [0.1, 0.15) is 18.1 Å². The molecule has 1 rings (SSSR count). The third kappa shape index (κ3) is 8.72. The van der Waals surface area contributed by atoms with Crippen LogP contribution in [0.3, 0.4) is 0 Å². The summed E-state index contributed by atoms with van der Waals surface area (Å²) in [5, 5.41) is 26.6. The molecule has 0 saturated heterocycles. The molecule has 0 aliphatic carbocycles. The Morgan fingerprint density at radius 1 is 1.03 bits per heavy atom. The molecule has 1 heterocycles. The average molecular weight is 441 g/mol. The molecule has 0 spiro atoms. The van der Waals surface area contributed by atoms with E-state index in [2.05, 4.69) is 25.9 Å². The Hall–Kier alpha value is -2.99. The Morgan fingerprint density at radius 2 is 1.65 bits per heavy atom. The first-order valence-electron chi connectivity index (χ1n) is 9.97. The number of nitrogens with one attached hydrogen (secondary N) is 4. The Balaban J connectivity index is 2.97. The maximum absolute atomic E-state index is 12.8. The molecule has 12 heteroatoms. The molecule has 8 N–H and O–H groups in total. The number of rotatable bonds is 12. The number of carbonyl (C=O) groups excluding carboxylic acids is 3. The van der Waals surface area contributed by atoms with Gasteiger partial charge in [-0.15, -0.1) is 0 Å². The standard InChI is InChI=1S/C19H32N6O6/c1-9(2)5-14(19(30)31)24-18(29)15(11(4)26)25-17(28)13(23-16(27)10(3)20)6-12-7-21-8-22-12/h7-11,13-15,26H,5-6,20H2,1-4H3,(H,21,22)(H,23,27)(H,24,29)(H,25,28)(H,30,31). The Bertz CT molecular complexity index is 749. The summed E-state index contributed by atoms with van der Waals surface area (Å²) in [6, 6.07) is -4.60. The van der Waals surface area contributed by atoms with Crippen molar-refractivity contribution in [1.29, 1.82) is 0 Å². The van der Waals surface area contributed by atoms with Gasteiger partial charge in [0.05, 0.1) is 18.5 Å². The van der Waals surface area contributed by atoms with Gasteiger partial charge >= 0.3 is 5.97 Å². The predicted octanol–water partition coefficient (Wildman–Crippen LogP) is -1.73. The van der Waals surface area contributed by atoms with Gasteiger partial charge in [-0.2, -0.15) is 0 Å². The number of carboxylic acids is 1. The smallest absolute Gasteiger partial charge is 0.326 e. The number of carbonyl (C=O) groups is 4. The molecule has 3 amide bonds. The van der Waals surface area contributed by atoms with Gasteiger partial charge in [-0.05, 0) is 26.2 Å². The van der Waals surface area contributed by atoms with Gasteiger partial charge in [-0.25, -0.2) is 9.78 Å². The second-order valence-electron chi connectivity index (χ2n) is 7.89. The number of aliphatic carboxylic acids is 1. The van der Waals surface area contributed by atoms with E-state index in [1.165, 1.54) is 26.4 Å². The minimum absolute atomic E-state index is 0.00626. The molecule has 0 aromatic carbocycles. The zero-order valence-electron chi connectivity index (χ0n) is 18.1. The van der Waals surface area contributed by atoms with Gasteiger partial charge < -0.3 is 36.9 Å². The Kier molecular flexibility index (Phi) is 10.1. The van der Waals surface area contributed by atoms with Crippen LogP contribution in [0.1, 0.15) is 39.8 Å². The highest BCUT2D eigenvalue weighted by Gasteiger charge is 2.32. The number of aliphatic hydroxyl groups excluding tert-OH is 1. The van der Waals surface area contributed by atoms with E-state index in [0.29, 0.717) is 5.69 Å². The van der Waals surface area contributed by atoms with Crippen molar-refractivity contribution in [2.24, 2.45) is 11.7 Å². The van der Waals surface area contributed by atoms with E-state index in [-0.39, 0.29) is 18.8 Å². The molecule has 12 nitrogen and oxygen atoms in total. The number of aromatic nitrogens is 2. The number of hydrogen-bond donors (Lipinski definition) is 7. The van der Waals surface area contributed by atoms with Crippen LogP contribution in [-0.4, -0.2) is 74.1 Å². The summed E-state index contributed by atoms with van der Waals surface area (Å²) in [6.07, 6.45) is 1.76. The number of carboxylic acid groups (broad SMARTS) is 1. The lowest BCUT2D eigenvalue weighted by molar-refractivity contribution is -0.143. The second-order valence-corrected chi connectivity index (χ2v) is 7.89. The maximum Gasteiger partial charge on any atom is 0.326 e. The number of aliphatic hydroxyl groups is 1. The van der Waals surface area contributed by atoms with Gasteiger partial charge in [0.2, 0.25) is 17.7 Å². The van der Waals surface area contributed by atoms with Crippen molar-refractivity contribution in [2.75, 3.05) is 0 Å². The molecular formula is C19H32N6O6. The van der Waals surface area contributed by atoms with Crippen LogP contribution in [0.25, 0.3) is 0 Å². The van der Waals surface area contributed by atoms with Crippen molar-refractivity contribution in [1.82, 2.24) is 25.9 Å². The lowest BCUT2D eigenvalue weighted by Gasteiger charge is -2.26. The van der Waals surface area contributed by atoms with E-state index in [1.54, 1.807) is 13.8 Å². The van der Waals surface area contributed by atoms with E-state index >= 15 is 0 Å². The van der Waals surface area contributed by atoms with E-state index in [1.807, 2.05) is 0 Å². The van der Waals surface area contributed by atoms with Gasteiger partial charge in [-0.3, -0.25) is 14.4 Å². The van der Waals surface area contributed by atoms with Gasteiger partial charge in [0.15, 0.2) is 0 Å². The minimum Gasteiger partial charge on any atom is -0.480 e. The molecule has 5 atom stereocenters. The first-order chi connectivity index (χ1) is 14.4. The second kappa shape index (κ2) is 12.0. The summed E-state index contributed by atoms with van der Waals surface area (Å²) >= 11 is 0. The van der Waals surface area contributed by atoms with Crippen molar-refractivity contribution in [3.8, 4) is 0 Å². The number of aromatic amines is 1. The normalized spacial score (nSPS) is 16.0. The zero-order valence-corrected chi connectivity index (χ0v) is 18.1. The highest BCUT2D eigenvalue weighted by Crippen LogP contribution is 2.07. The fraction of sp³-hybridized carbons (Fsp3) is 0.632. The molecule has 0 fully saturated rings. The molecule has 0 aliphatic rings. The van der Waals surface area contributed by atoms with Gasteiger partial charge in [0.25, 0.3) is 0 Å². The molecule has 31 heavy (non-hydrogen) atoms. The molecule has 0 aliphatic heterocycles. The van der Waals surface area contributed by atoms with Crippen LogP contribution in [0.15, 0.2) is 12.5 Å². The summed E-state index contributed by atoms with van der Waals surface area (Å²) in [5.74, 6) is -3.41. The number of nitrogens with two attached hydrogens (primary N) is 1. The Morgan fingerprint density at radius 3 is 2.10 bits per heavy atom. The van der Waals surface area contributed by atoms with Crippen LogP contribution in [0.2, 0.25) is 0 Å². The van der Waals surface area contributed by atoms with Crippen LogP contribution in [0.5, 0.6) is 0 Å². The first-order valence-corrected chi connectivity index (χ1v) is 9.97. The monoisotopic (exact) mass is 440 g/mol. The predicted molar refractivity (Wildman–Crippen MR) is 111 cm³/mol. The van der Waals surface area contributed by atoms with Crippen molar-refractivity contribution >= 4 is 23.7 Å². The summed E-state index contributed by atoms with van der Waals surface area (Å²) < 4.78 is 0. The molecule has 174 valence electrons. The van der Waals surface area contributed by atoms with E-state index < -0.39 is 54.0 Å². The maximum atomic E-state index is 12.8. The quantitative estimate of drug-likeness (QED) is 0.199. The average Bonchev–Trinajstić information content (AvgIpc) is 3.16. The number of hydrogen-bond acceptors (Lipinski definition) is 7. The lowest BCUT2D eigenvalue weighted by atomic mass is 10.0. The van der Waals surface area contributed by atoms with E-state index in [4.69, 9.17) is 5.73 Å². The largest absolute Gasteiger partial charge is 0.480 e. The van der Waals surface area contributed by atoms with Crippen LogP contribution in [-0.2, 0) is 25.6 Å². The highest BCUT2D eigenvalue weighted by molar-refractivity contribution is 5.94. The van der Waals surface area contributed by atoms with E-state index in [9.17, 15) is 29.4 Å². The molecule has 5 unspecified atom stereocenters. The SMILES string of the molecule is CC(C)CC(NC(=O)C(NC(=O)C(Cc1cnc[nH]1)NC(=O)C(C)N)C(C)O)C(=O)O. The lowest BCUT2D eigenvalue weighted by Crippen LogP contribution is -2.60.